The second-order valence-corrected chi connectivity index (χ2v) is 8.21. The maximum atomic E-state index is 5.83. The van der Waals surface area contributed by atoms with Gasteiger partial charge >= 0.3 is 0 Å². The molecule has 1 aliphatic carbocycles. The van der Waals surface area contributed by atoms with Gasteiger partial charge in [0.1, 0.15) is 0 Å². The van der Waals surface area contributed by atoms with E-state index in [4.69, 9.17) is 4.74 Å². The summed E-state index contributed by atoms with van der Waals surface area (Å²) in [6.07, 6.45) is 8.31. The number of nitrogens with zero attached hydrogens (tertiary/aromatic N) is 1. The number of ether oxygens (including phenoxy) is 1. The third-order valence-electron chi connectivity index (χ3n) is 5.87. The molecule has 2 fully saturated rings. The third-order valence-corrected chi connectivity index (χ3v) is 5.87. The lowest BCUT2D eigenvalue weighted by molar-refractivity contribution is -0.0366. The van der Waals surface area contributed by atoms with Crippen LogP contribution in [-0.4, -0.2) is 31.2 Å². The first-order valence-corrected chi connectivity index (χ1v) is 9.44. The first-order valence-electron chi connectivity index (χ1n) is 9.44. The van der Waals surface area contributed by atoms with Crippen LogP contribution in [0, 0.1) is 11.3 Å². The third kappa shape index (κ3) is 3.97. The molecule has 0 N–H and O–H groups in total. The van der Waals surface area contributed by atoms with E-state index in [0.29, 0.717) is 11.5 Å². The molecule has 0 bridgehead atoms. The van der Waals surface area contributed by atoms with Crippen LogP contribution >= 0.6 is 0 Å². The van der Waals surface area contributed by atoms with Crippen LogP contribution in [0.3, 0.4) is 0 Å². The predicted octanol–water partition coefficient (Wildman–Crippen LogP) is 4.67. The van der Waals surface area contributed by atoms with Crippen LogP contribution in [0.1, 0.15) is 57.1 Å². The van der Waals surface area contributed by atoms with Crippen LogP contribution in [0.15, 0.2) is 24.3 Å². The van der Waals surface area contributed by atoms with Crippen LogP contribution in [0.5, 0.6) is 0 Å². The molecule has 0 radical (unpaired) electrons. The van der Waals surface area contributed by atoms with Crippen molar-refractivity contribution in [1.82, 2.24) is 4.90 Å². The van der Waals surface area contributed by atoms with Gasteiger partial charge in [0.05, 0.1) is 6.10 Å². The van der Waals surface area contributed by atoms with Crippen LogP contribution < -0.4 is 0 Å². The molecule has 23 heavy (non-hydrogen) atoms. The number of hydrogen-bond acceptors (Lipinski definition) is 2. The van der Waals surface area contributed by atoms with E-state index in [2.05, 4.69) is 43.0 Å². The fourth-order valence-electron chi connectivity index (χ4n) is 4.84. The van der Waals surface area contributed by atoms with Crippen LogP contribution in [0.4, 0.5) is 0 Å². The molecule has 1 aliphatic heterocycles. The second kappa shape index (κ2) is 7.36. The number of likely N-dealkylation sites (tertiary alicyclic amines) is 1. The Hall–Kier alpha value is -0.860. The van der Waals surface area contributed by atoms with Crippen LogP contribution in [0.25, 0.3) is 0 Å². The average Bonchev–Trinajstić information content (AvgIpc) is 2.91. The van der Waals surface area contributed by atoms with Gasteiger partial charge in [-0.3, -0.25) is 4.90 Å². The van der Waals surface area contributed by atoms with Gasteiger partial charge in [0.25, 0.3) is 0 Å². The normalized spacial score (nSPS) is 28.8. The Morgan fingerprint density at radius 2 is 1.83 bits per heavy atom. The summed E-state index contributed by atoms with van der Waals surface area (Å²) >= 11 is 0. The lowest BCUT2D eigenvalue weighted by Crippen LogP contribution is -2.47. The minimum Gasteiger partial charge on any atom is -0.381 e. The highest BCUT2D eigenvalue weighted by atomic mass is 16.5. The van der Waals surface area contributed by atoms with Crippen molar-refractivity contribution in [3.05, 3.63) is 35.4 Å². The topological polar surface area (TPSA) is 12.5 Å². The molecule has 128 valence electrons. The largest absolute Gasteiger partial charge is 0.381 e. The highest BCUT2D eigenvalue weighted by molar-refractivity contribution is 5.23. The van der Waals surface area contributed by atoms with Crippen molar-refractivity contribution >= 4 is 0 Å². The van der Waals surface area contributed by atoms with Gasteiger partial charge in [0, 0.05) is 25.6 Å². The molecule has 2 atom stereocenters. The van der Waals surface area contributed by atoms with Crippen molar-refractivity contribution in [1.29, 1.82) is 0 Å². The highest BCUT2D eigenvalue weighted by Gasteiger charge is 2.45. The lowest BCUT2D eigenvalue weighted by atomic mass is 9.76. The number of methoxy groups -OCH3 is 1. The van der Waals surface area contributed by atoms with Gasteiger partial charge in [-0.2, -0.15) is 0 Å². The van der Waals surface area contributed by atoms with Crippen molar-refractivity contribution in [2.75, 3.05) is 20.2 Å². The summed E-state index contributed by atoms with van der Waals surface area (Å²) in [7, 11) is 1.91. The Morgan fingerprint density at radius 3 is 2.52 bits per heavy atom. The van der Waals surface area contributed by atoms with Crippen LogP contribution in [-0.2, 0) is 17.7 Å². The molecule has 3 rings (SSSR count). The number of benzene rings is 1. The number of piperidine rings is 1. The molecule has 1 saturated carbocycles. The molecular formula is C21H33NO. The van der Waals surface area contributed by atoms with Gasteiger partial charge in [0.15, 0.2) is 0 Å². The highest BCUT2D eigenvalue weighted by Crippen LogP contribution is 2.46. The van der Waals surface area contributed by atoms with Gasteiger partial charge in [-0.05, 0) is 55.7 Å². The molecule has 1 saturated heterocycles. The van der Waals surface area contributed by atoms with E-state index in [-0.39, 0.29) is 0 Å². The van der Waals surface area contributed by atoms with Crippen LogP contribution in [0.2, 0.25) is 0 Å². The summed E-state index contributed by atoms with van der Waals surface area (Å²) in [5, 5.41) is 0. The molecule has 0 unspecified atom stereocenters. The van der Waals surface area contributed by atoms with Gasteiger partial charge in [-0.25, -0.2) is 0 Å². The quantitative estimate of drug-likeness (QED) is 0.783. The van der Waals surface area contributed by atoms with Crippen molar-refractivity contribution in [2.45, 2.75) is 65.0 Å². The van der Waals surface area contributed by atoms with Crippen molar-refractivity contribution in [2.24, 2.45) is 11.3 Å². The molecular weight excluding hydrogens is 282 g/mol. The summed E-state index contributed by atoms with van der Waals surface area (Å²) in [5.41, 5.74) is 3.36. The summed E-state index contributed by atoms with van der Waals surface area (Å²) in [4.78, 5) is 2.66. The van der Waals surface area contributed by atoms with E-state index >= 15 is 0 Å². The van der Waals surface area contributed by atoms with E-state index < -0.39 is 0 Å². The molecule has 2 heteroatoms. The predicted molar refractivity (Wildman–Crippen MR) is 96.6 cm³/mol. The Balaban J connectivity index is 1.61. The van der Waals surface area contributed by atoms with Gasteiger partial charge in [-0.1, -0.05) is 44.5 Å². The number of hydrogen-bond donors (Lipinski definition) is 0. The van der Waals surface area contributed by atoms with Crippen molar-refractivity contribution in [3.8, 4) is 0 Å². The lowest BCUT2D eigenvalue weighted by Gasteiger charge is -2.43. The number of rotatable bonds is 5. The molecule has 0 amide bonds. The zero-order valence-corrected chi connectivity index (χ0v) is 15.2. The first-order chi connectivity index (χ1) is 11.1. The minimum absolute atomic E-state index is 0.435. The smallest absolute Gasteiger partial charge is 0.0639 e. The van der Waals surface area contributed by atoms with Gasteiger partial charge in [0.2, 0.25) is 0 Å². The van der Waals surface area contributed by atoms with Gasteiger partial charge in [-0.15, -0.1) is 0 Å². The Labute approximate surface area is 142 Å². The fourth-order valence-corrected chi connectivity index (χ4v) is 4.84. The zero-order chi connectivity index (χ0) is 16.3. The second-order valence-electron chi connectivity index (χ2n) is 8.21. The first kappa shape index (κ1) is 17.0. The summed E-state index contributed by atoms with van der Waals surface area (Å²) in [5.74, 6) is 0.733. The molecule has 1 aromatic carbocycles. The molecule has 1 heterocycles. The maximum Gasteiger partial charge on any atom is 0.0639 e. The monoisotopic (exact) mass is 315 g/mol. The van der Waals surface area contributed by atoms with E-state index in [0.717, 1.165) is 12.5 Å². The van der Waals surface area contributed by atoms with Crippen molar-refractivity contribution in [3.63, 3.8) is 0 Å². The van der Waals surface area contributed by atoms with E-state index in [1.807, 2.05) is 7.11 Å². The standard InChI is InChI=1S/C21H33NO/c1-17(2)14-18-7-9-19(10-8-18)15-22-13-5-12-21(16-22)11-4-6-20(21)23-3/h7-10,17,20H,4-6,11-16H2,1-3H3/t20-,21-/m1/s1. The van der Waals surface area contributed by atoms with E-state index in [9.17, 15) is 0 Å². The minimum atomic E-state index is 0.435. The Kier molecular flexibility index (Phi) is 5.43. The summed E-state index contributed by atoms with van der Waals surface area (Å²) in [6.45, 7) is 8.13. The molecule has 2 nitrogen and oxygen atoms in total. The Morgan fingerprint density at radius 1 is 1.13 bits per heavy atom. The zero-order valence-electron chi connectivity index (χ0n) is 15.2. The van der Waals surface area contributed by atoms with E-state index in [1.165, 1.54) is 62.7 Å². The van der Waals surface area contributed by atoms with Crippen molar-refractivity contribution < 1.29 is 4.74 Å². The molecule has 1 spiro atoms. The van der Waals surface area contributed by atoms with Gasteiger partial charge < -0.3 is 4.74 Å². The fraction of sp³-hybridized carbons (Fsp3) is 0.714. The molecule has 0 aromatic heterocycles. The SMILES string of the molecule is CO[C@@H]1CCC[C@]12CCCN(Cc1ccc(CC(C)C)cc1)C2. The Bertz CT molecular complexity index is 495. The molecule has 2 aliphatic rings. The van der Waals surface area contributed by atoms with E-state index in [1.54, 1.807) is 0 Å². The molecule has 1 aromatic rings. The summed E-state index contributed by atoms with van der Waals surface area (Å²) < 4.78 is 5.83. The summed E-state index contributed by atoms with van der Waals surface area (Å²) in [6, 6.07) is 9.31. The maximum absolute atomic E-state index is 5.83. The average molecular weight is 316 g/mol.